The number of aromatic nitrogens is 2. The zero-order valence-corrected chi connectivity index (χ0v) is 19.2. The Morgan fingerprint density at radius 1 is 1.00 bits per heavy atom. The average Bonchev–Trinajstić information content (AvgIpc) is 3.38. The molecule has 2 aliphatic heterocycles. The van der Waals surface area contributed by atoms with E-state index < -0.39 is 0 Å². The van der Waals surface area contributed by atoms with E-state index in [1.54, 1.807) is 24.5 Å². The standard InChI is InChI=1S/C27H29FN4O2/c28-22-9-5-10-23(17-22)34-26-25(29-12-13-30-26)21-8-6-16-32(19-21)27(33)24-11-2-1-7-20(24)18-31-14-3-4-15-31/h1-2,5,7,9-13,17,21H,3-4,6,8,14-16,18-19H2/t21-/m0/s1. The van der Waals surface area contributed by atoms with Crippen LogP contribution in [0.1, 0.15) is 53.2 Å². The second-order valence-electron chi connectivity index (χ2n) is 9.04. The lowest BCUT2D eigenvalue weighted by atomic mass is 9.93. The Bertz CT molecular complexity index is 1150. The van der Waals surface area contributed by atoms with Gasteiger partial charge in [0.1, 0.15) is 17.3 Å². The number of carbonyl (C=O) groups excluding carboxylic acids is 1. The van der Waals surface area contributed by atoms with Crippen molar-refractivity contribution in [2.75, 3.05) is 26.2 Å². The van der Waals surface area contributed by atoms with Crippen molar-refractivity contribution >= 4 is 5.91 Å². The highest BCUT2D eigenvalue weighted by Crippen LogP contribution is 2.33. The van der Waals surface area contributed by atoms with Gasteiger partial charge in [0.2, 0.25) is 5.88 Å². The van der Waals surface area contributed by atoms with Gasteiger partial charge in [0.25, 0.3) is 5.91 Å². The van der Waals surface area contributed by atoms with Crippen LogP contribution in [-0.2, 0) is 6.54 Å². The van der Waals surface area contributed by atoms with E-state index in [1.165, 1.54) is 25.0 Å². The van der Waals surface area contributed by atoms with Crippen LogP contribution >= 0.6 is 0 Å². The first-order chi connectivity index (χ1) is 16.7. The summed E-state index contributed by atoms with van der Waals surface area (Å²) >= 11 is 0. The number of hydrogen-bond acceptors (Lipinski definition) is 5. The Morgan fingerprint density at radius 2 is 1.82 bits per heavy atom. The molecule has 0 spiro atoms. The number of rotatable bonds is 6. The summed E-state index contributed by atoms with van der Waals surface area (Å²) in [6.07, 6.45) is 7.42. The highest BCUT2D eigenvalue weighted by atomic mass is 19.1. The molecule has 0 unspecified atom stereocenters. The largest absolute Gasteiger partial charge is 0.437 e. The Hall–Kier alpha value is -3.32. The van der Waals surface area contributed by atoms with Crippen molar-refractivity contribution < 1.29 is 13.9 Å². The minimum atomic E-state index is -0.370. The Morgan fingerprint density at radius 3 is 2.68 bits per heavy atom. The van der Waals surface area contributed by atoms with Crippen molar-refractivity contribution in [3.05, 3.63) is 83.6 Å². The van der Waals surface area contributed by atoms with Crippen LogP contribution in [-0.4, -0.2) is 51.9 Å². The third kappa shape index (κ3) is 5.09. The molecule has 2 aliphatic rings. The monoisotopic (exact) mass is 460 g/mol. The highest BCUT2D eigenvalue weighted by Gasteiger charge is 2.30. The van der Waals surface area contributed by atoms with Gasteiger partial charge in [0.15, 0.2) is 0 Å². The van der Waals surface area contributed by atoms with Crippen LogP contribution in [0.25, 0.3) is 0 Å². The second kappa shape index (κ2) is 10.3. The van der Waals surface area contributed by atoms with Crippen LogP contribution in [0.4, 0.5) is 4.39 Å². The van der Waals surface area contributed by atoms with Crippen molar-refractivity contribution in [1.29, 1.82) is 0 Å². The highest BCUT2D eigenvalue weighted by molar-refractivity contribution is 5.95. The number of amides is 1. The Labute approximate surface area is 199 Å². The molecule has 0 aliphatic carbocycles. The maximum atomic E-state index is 13.6. The van der Waals surface area contributed by atoms with Crippen LogP contribution in [0.3, 0.4) is 0 Å². The fourth-order valence-corrected chi connectivity index (χ4v) is 4.94. The topological polar surface area (TPSA) is 58.6 Å². The molecule has 2 saturated heterocycles. The SMILES string of the molecule is O=C(c1ccccc1CN1CCCC1)N1CCC[C@H](c2nccnc2Oc2cccc(F)c2)C1. The molecule has 176 valence electrons. The van der Waals surface area contributed by atoms with Crippen LogP contribution in [0.5, 0.6) is 11.6 Å². The summed E-state index contributed by atoms with van der Waals surface area (Å²) in [7, 11) is 0. The molecule has 0 radical (unpaired) electrons. The molecule has 2 fully saturated rings. The molecule has 1 atom stereocenters. The van der Waals surface area contributed by atoms with Crippen LogP contribution in [0.15, 0.2) is 60.9 Å². The van der Waals surface area contributed by atoms with Gasteiger partial charge in [-0.2, -0.15) is 0 Å². The summed E-state index contributed by atoms with van der Waals surface area (Å²) in [5, 5.41) is 0. The molecule has 7 heteroatoms. The molecular weight excluding hydrogens is 431 g/mol. The van der Waals surface area contributed by atoms with Crippen molar-refractivity contribution in [2.45, 2.75) is 38.1 Å². The molecule has 1 aromatic heterocycles. The number of hydrogen-bond donors (Lipinski definition) is 0. The summed E-state index contributed by atoms with van der Waals surface area (Å²) < 4.78 is 19.5. The zero-order chi connectivity index (χ0) is 23.3. The van der Waals surface area contributed by atoms with Gasteiger partial charge in [-0.1, -0.05) is 24.3 Å². The molecule has 6 nitrogen and oxygen atoms in total. The van der Waals surface area contributed by atoms with E-state index in [0.29, 0.717) is 30.4 Å². The van der Waals surface area contributed by atoms with Crippen molar-refractivity contribution in [1.82, 2.24) is 19.8 Å². The molecule has 0 saturated carbocycles. The zero-order valence-electron chi connectivity index (χ0n) is 19.2. The van der Waals surface area contributed by atoms with E-state index in [0.717, 1.165) is 43.6 Å². The third-order valence-corrected chi connectivity index (χ3v) is 6.64. The van der Waals surface area contributed by atoms with Gasteiger partial charge >= 0.3 is 0 Å². The summed E-state index contributed by atoms with van der Waals surface area (Å²) in [6.45, 7) is 4.27. The van der Waals surface area contributed by atoms with Gasteiger partial charge in [-0.05, 0) is 62.5 Å². The minimum Gasteiger partial charge on any atom is -0.437 e. The summed E-state index contributed by atoms with van der Waals surface area (Å²) in [5.41, 5.74) is 2.58. The molecule has 2 aromatic carbocycles. The van der Waals surface area contributed by atoms with E-state index in [1.807, 2.05) is 23.1 Å². The molecule has 1 amide bonds. The number of likely N-dealkylation sites (tertiary alicyclic amines) is 2. The molecule has 3 aromatic rings. The van der Waals surface area contributed by atoms with Crippen LogP contribution in [0, 0.1) is 5.82 Å². The maximum Gasteiger partial charge on any atom is 0.254 e. The summed E-state index contributed by atoms with van der Waals surface area (Å²) in [5.74, 6) is 0.435. The van der Waals surface area contributed by atoms with Gasteiger partial charge in [-0.3, -0.25) is 14.7 Å². The third-order valence-electron chi connectivity index (χ3n) is 6.64. The van der Waals surface area contributed by atoms with Gasteiger partial charge in [-0.25, -0.2) is 9.37 Å². The lowest BCUT2D eigenvalue weighted by Gasteiger charge is -2.33. The van der Waals surface area contributed by atoms with E-state index in [9.17, 15) is 9.18 Å². The number of nitrogens with zero attached hydrogens (tertiary/aromatic N) is 4. The molecule has 3 heterocycles. The number of ether oxygens (including phenoxy) is 1. The fraction of sp³-hybridized carbons (Fsp3) is 0.370. The first kappa shape index (κ1) is 22.5. The first-order valence-corrected chi connectivity index (χ1v) is 12.0. The van der Waals surface area contributed by atoms with E-state index in [2.05, 4.69) is 20.9 Å². The molecule has 0 N–H and O–H groups in total. The number of piperidine rings is 1. The molecular formula is C27H29FN4O2. The summed E-state index contributed by atoms with van der Waals surface area (Å²) in [6, 6.07) is 13.9. The van der Waals surface area contributed by atoms with E-state index in [4.69, 9.17) is 4.74 Å². The predicted molar refractivity (Wildman–Crippen MR) is 127 cm³/mol. The average molecular weight is 461 g/mol. The van der Waals surface area contributed by atoms with Gasteiger partial charge in [0.05, 0.1) is 0 Å². The van der Waals surface area contributed by atoms with Crippen molar-refractivity contribution in [3.8, 4) is 11.6 Å². The van der Waals surface area contributed by atoms with Crippen LogP contribution < -0.4 is 4.74 Å². The van der Waals surface area contributed by atoms with Gasteiger partial charge in [-0.15, -0.1) is 0 Å². The van der Waals surface area contributed by atoms with Gasteiger partial charge in [0, 0.05) is 49.6 Å². The quantitative estimate of drug-likeness (QED) is 0.517. The molecule has 5 rings (SSSR count). The molecule has 0 bridgehead atoms. The fourth-order valence-electron chi connectivity index (χ4n) is 4.94. The first-order valence-electron chi connectivity index (χ1n) is 12.0. The van der Waals surface area contributed by atoms with Crippen molar-refractivity contribution in [3.63, 3.8) is 0 Å². The normalized spacial score (nSPS) is 18.7. The molecule has 34 heavy (non-hydrogen) atoms. The smallest absolute Gasteiger partial charge is 0.254 e. The lowest BCUT2D eigenvalue weighted by Crippen LogP contribution is -2.40. The minimum absolute atomic E-state index is 0.000651. The predicted octanol–water partition coefficient (Wildman–Crippen LogP) is 5.02. The number of halogens is 1. The van der Waals surface area contributed by atoms with E-state index >= 15 is 0 Å². The number of benzene rings is 2. The maximum absolute atomic E-state index is 13.6. The van der Waals surface area contributed by atoms with Gasteiger partial charge < -0.3 is 9.64 Å². The lowest BCUT2D eigenvalue weighted by molar-refractivity contribution is 0.0702. The number of carbonyl (C=O) groups is 1. The second-order valence-corrected chi connectivity index (χ2v) is 9.04. The van der Waals surface area contributed by atoms with Crippen molar-refractivity contribution in [2.24, 2.45) is 0 Å². The Kier molecular flexibility index (Phi) is 6.81. The van der Waals surface area contributed by atoms with E-state index in [-0.39, 0.29) is 17.6 Å². The summed E-state index contributed by atoms with van der Waals surface area (Å²) in [4.78, 5) is 26.8. The van der Waals surface area contributed by atoms with Crippen LogP contribution in [0.2, 0.25) is 0 Å². The Balaban J connectivity index is 1.34.